The van der Waals surface area contributed by atoms with Crippen molar-refractivity contribution in [2.75, 3.05) is 0 Å². The van der Waals surface area contributed by atoms with Crippen molar-refractivity contribution < 1.29 is 18.0 Å². The molecule has 0 bridgehead atoms. The van der Waals surface area contributed by atoms with Gasteiger partial charge in [0.1, 0.15) is 24.0 Å². The highest BCUT2D eigenvalue weighted by molar-refractivity contribution is 5.55. The molecule has 2 aromatic carbocycles. The Labute approximate surface area is 125 Å². The summed E-state index contributed by atoms with van der Waals surface area (Å²) in [5.74, 6) is 0.193. The molecule has 3 aromatic rings. The maximum atomic E-state index is 13.5. The largest absolute Gasteiger partial charge is 0.489 e. The van der Waals surface area contributed by atoms with E-state index in [1.165, 1.54) is 18.2 Å². The summed E-state index contributed by atoms with van der Waals surface area (Å²) in [6, 6.07) is 10.6. The Kier molecular flexibility index (Phi) is 3.82. The number of aromatic nitrogens is 2. The van der Waals surface area contributed by atoms with Crippen LogP contribution in [0.25, 0.3) is 11.4 Å². The molecule has 0 fully saturated rings. The number of halogens is 2. The second-order valence-corrected chi connectivity index (χ2v) is 4.65. The van der Waals surface area contributed by atoms with Crippen LogP contribution in [0.3, 0.4) is 0 Å². The molecule has 1 heterocycles. The normalized spacial score (nSPS) is 10.7. The highest BCUT2D eigenvalue weighted by Gasteiger charge is 2.10. The van der Waals surface area contributed by atoms with Crippen LogP contribution in [0.2, 0.25) is 0 Å². The van der Waals surface area contributed by atoms with Crippen LogP contribution in [0.1, 0.15) is 11.5 Å². The second-order valence-electron chi connectivity index (χ2n) is 4.65. The van der Waals surface area contributed by atoms with Crippen molar-refractivity contribution in [3.8, 4) is 17.1 Å². The van der Waals surface area contributed by atoms with Gasteiger partial charge in [0.15, 0.2) is 0 Å². The quantitative estimate of drug-likeness (QED) is 0.733. The molecule has 4 nitrogen and oxygen atoms in total. The number of rotatable bonds is 4. The van der Waals surface area contributed by atoms with Crippen LogP contribution in [-0.4, -0.2) is 10.1 Å². The standard InChI is InChI=1S/C16H12F2N2O2/c1-10-19-16(20-22-10)11-5-7-12(8-6-11)21-9-13-14(17)3-2-4-15(13)18/h2-8H,9H2,1H3. The summed E-state index contributed by atoms with van der Waals surface area (Å²) in [6.07, 6.45) is 0. The van der Waals surface area contributed by atoms with E-state index < -0.39 is 11.6 Å². The summed E-state index contributed by atoms with van der Waals surface area (Å²) in [4.78, 5) is 4.11. The van der Waals surface area contributed by atoms with Crippen molar-refractivity contribution in [1.29, 1.82) is 0 Å². The van der Waals surface area contributed by atoms with E-state index >= 15 is 0 Å². The number of ether oxygens (including phenoxy) is 1. The fourth-order valence-corrected chi connectivity index (χ4v) is 1.94. The van der Waals surface area contributed by atoms with E-state index in [1.807, 2.05) is 0 Å². The van der Waals surface area contributed by atoms with Gasteiger partial charge in [-0.3, -0.25) is 0 Å². The molecule has 0 aliphatic heterocycles. The van der Waals surface area contributed by atoms with Gasteiger partial charge >= 0.3 is 0 Å². The van der Waals surface area contributed by atoms with Crippen LogP contribution in [0, 0.1) is 18.6 Å². The average molecular weight is 302 g/mol. The zero-order valence-corrected chi connectivity index (χ0v) is 11.7. The minimum Gasteiger partial charge on any atom is -0.489 e. The lowest BCUT2D eigenvalue weighted by Gasteiger charge is -2.08. The maximum Gasteiger partial charge on any atom is 0.223 e. The van der Waals surface area contributed by atoms with Crippen LogP contribution in [0.15, 0.2) is 47.0 Å². The Bertz CT molecular complexity index is 765. The third-order valence-electron chi connectivity index (χ3n) is 3.08. The van der Waals surface area contributed by atoms with Crippen LogP contribution in [-0.2, 0) is 6.61 Å². The molecule has 0 aliphatic rings. The van der Waals surface area contributed by atoms with Gasteiger partial charge in [-0.05, 0) is 36.4 Å². The van der Waals surface area contributed by atoms with Gasteiger partial charge in [0.2, 0.25) is 11.7 Å². The molecule has 3 rings (SSSR count). The summed E-state index contributed by atoms with van der Waals surface area (Å²) in [5.41, 5.74) is 0.668. The Morgan fingerprint density at radius 1 is 1.05 bits per heavy atom. The van der Waals surface area contributed by atoms with E-state index in [0.717, 1.165) is 5.56 Å². The lowest BCUT2D eigenvalue weighted by Crippen LogP contribution is -2.01. The molecule has 0 radical (unpaired) electrons. The van der Waals surface area contributed by atoms with Crippen LogP contribution in [0.5, 0.6) is 5.75 Å². The van der Waals surface area contributed by atoms with Gasteiger partial charge in [-0.25, -0.2) is 8.78 Å². The van der Waals surface area contributed by atoms with Crippen molar-refractivity contribution in [3.05, 3.63) is 65.6 Å². The Morgan fingerprint density at radius 3 is 2.32 bits per heavy atom. The molecule has 0 aliphatic carbocycles. The van der Waals surface area contributed by atoms with Gasteiger partial charge in [0, 0.05) is 12.5 Å². The first-order valence-electron chi connectivity index (χ1n) is 6.60. The van der Waals surface area contributed by atoms with Gasteiger partial charge in [-0.15, -0.1) is 0 Å². The number of benzene rings is 2. The third-order valence-corrected chi connectivity index (χ3v) is 3.08. The zero-order valence-electron chi connectivity index (χ0n) is 11.7. The fraction of sp³-hybridized carbons (Fsp3) is 0.125. The van der Waals surface area contributed by atoms with Crippen LogP contribution in [0.4, 0.5) is 8.78 Å². The summed E-state index contributed by atoms with van der Waals surface area (Å²) in [7, 11) is 0. The number of nitrogens with zero attached hydrogens (tertiary/aromatic N) is 2. The lowest BCUT2D eigenvalue weighted by atomic mass is 10.2. The van der Waals surface area contributed by atoms with Gasteiger partial charge in [-0.1, -0.05) is 11.2 Å². The average Bonchev–Trinajstić information content (AvgIpc) is 2.94. The highest BCUT2D eigenvalue weighted by Crippen LogP contribution is 2.21. The molecule has 6 heteroatoms. The van der Waals surface area contributed by atoms with E-state index in [2.05, 4.69) is 10.1 Å². The lowest BCUT2D eigenvalue weighted by molar-refractivity contribution is 0.292. The van der Waals surface area contributed by atoms with Crippen molar-refractivity contribution >= 4 is 0 Å². The molecular weight excluding hydrogens is 290 g/mol. The summed E-state index contributed by atoms with van der Waals surface area (Å²) in [6.45, 7) is 1.52. The second kappa shape index (κ2) is 5.93. The number of hydrogen-bond acceptors (Lipinski definition) is 4. The molecule has 0 unspecified atom stereocenters. The number of aryl methyl sites for hydroxylation is 1. The summed E-state index contributed by atoms with van der Waals surface area (Å²) >= 11 is 0. The van der Waals surface area contributed by atoms with Gasteiger partial charge < -0.3 is 9.26 Å². The molecule has 1 aromatic heterocycles. The van der Waals surface area contributed by atoms with Gasteiger partial charge in [0.25, 0.3) is 0 Å². The SMILES string of the molecule is Cc1nc(-c2ccc(OCc3c(F)cccc3F)cc2)no1. The predicted octanol–water partition coefficient (Wildman–Crippen LogP) is 3.90. The molecule has 0 atom stereocenters. The minimum absolute atomic E-state index is 0.0969. The van der Waals surface area contributed by atoms with Crippen LogP contribution < -0.4 is 4.74 Å². The first kappa shape index (κ1) is 14.2. The number of hydrogen-bond donors (Lipinski definition) is 0. The molecule has 0 saturated heterocycles. The van der Waals surface area contributed by atoms with Crippen molar-refractivity contribution in [2.24, 2.45) is 0 Å². The predicted molar refractivity (Wildman–Crippen MR) is 75.2 cm³/mol. The smallest absolute Gasteiger partial charge is 0.223 e. The highest BCUT2D eigenvalue weighted by atomic mass is 19.1. The molecule has 0 saturated carbocycles. The van der Waals surface area contributed by atoms with Crippen LogP contribution >= 0.6 is 0 Å². The van der Waals surface area contributed by atoms with E-state index in [-0.39, 0.29) is 12.2 Å². The molecule has 112 valence electrons. The topological polar surface area (TPSA) is 48.2 Å². The first-order valence-corrected chi connectivity index (χ1v) is 6.60. The van der Waals surface area contributed by atoms with Crippen molar-refractivity contribution in [2.45, 2.75) is 13.5 Å². The first-order chi connectivity index (χ1) is 10.6. The Hall–Kier alpha value is -2.76. The molecule has 0 amide bonds. The molecule has 22 heavy (non-hydrogen) atoms. The van der Waals surface area contributed by atoms with E-state index in [1.54, 1.807) is 31.2 Å². The molecule has 0 N–H and O–H groups in total. The van der Waals surface area contributed by atoms with Gasteiger partial charge in [-0.2, -0.15) is 4.98 Å². The zero-order chi connectivity index (χ0) is 15.5. The monoisotopic (exact) mass is 302 g/mol. The van der Waals surface area contributed by atoms with E-state index in [9.17, 15) is 8.78 Å². The summed E-state index contributed by atoms with van der Waals surface area (Å²) < 4.78 is 37.3. The maximum absolute atomic E-state index is 13.5. The Morgan fingerprint density at radius 2 is 1.73 bits per heavy atom. The fourth-order valence-electron chi connectivity index (χ4n) is 1.94. The van der Waals surface area contributed by atoms with Gasteiger partial charge in [0.05, 0.1) is 5.56 Å². The van der Waals surface area contributed by atoms with E-state index in [4.69, 9.17) is 9.26 Å². The summed E-state index contributed by atoms with van der Waals surface area (Å²) in [5, 5.41) is 3.81. The molecule has 0 spiro atoms. The third kappa shape index (κ3) is 2.95. The Balaban J connectivity index is 1.71. The minimum atomic E-state index is -0.626. The van der Waals surface area contributed by atoms with Crippen molar-refractivity contribution in [1.82, 2.24) is 10.1 Å². The van der Waals surface area contributed by atoms with E-state index in [0.29, 0.717) is 17.5 Å². The molecular formula is C16H12F2N2O2. The van der Waals surface area contributed by atoms with Crippen molar-refractivity contribution in [3.63, 3.8) is 0 Å².